The molecule has 0 fully saturated rings. The summed E-state index contributed by atoms with van der Waals surface area (Å²) in [4.78, 5) is 9.00. The Morgan fingerprint density at radius 3 is 2.97 bits per heavy atom. The predicted molar refractivity (Wildman–Crippen MR) is 124 cm³/mol. The van der Waals surface area contributed by atoms with Crippen molar-refractivity contribution in [2.45, 2.75) is 30.7 Å². The maximum atomic E-state index is 13.1. The number of aromatic nitrogens is 2. The highest BCUT2D eigenvalue weighted by Crippen LogP contribution is 2.46. The van der Waals surface area contributed by atoms with E-state index >= 15 is 0 Å². The van der Waals surface area contributed by atoms with Gasteiger partial charge in [0, 0.05) is 30.0 Å². The zero-order valence-electron chi connectivity index (χ0n) is 16.9. The summed E-state index contributed by atoms with van der Waals surface area (Å²) < 4.78 is 30.4. The van der Waals surface area contributed by atoms with Crippen LogP contribution in [0.25, 0.3) is 10.5 Å². The Bertz CT molecular complexity index is 1350. The van der Waals surface area contributed by atoms with E-state index in [0.717, 1.165) is 36.6 Å². The van der Waals surface area contributed by atoms with Crippen LogP contribution in [0.2, 0.25) is 5.15 Å². The number of aliphatic imine (C=N–C) groups is 1. The Kier molecular flexibility index (Phi) is 4.76. The number of anilines is 1. The first-order valence-corrected chi connectivity index (χ1v) is 12.5. The highest BCUT2D eigenvalue weighted by Gasteiger charge is 2.34. The van der Waals surface area contributed by atoms with Crippen molar-refractivity contribution in [1.29, 1.82) is 0 Å². The SMILES string of the molecule is CC1(C)C/C(=C/NC2=NCCN2)c2cc(NS(=O)(=O)c3c(Cl)nc4sccn34)ccc21. The first-order chi connectivity index (χ1) is 14.7. The third-order valence-corrected chi connectivity index (χ3v) is 8.01. The number of allylic oxidation sites excluding steroid dienone is 1. The van der Waals surface area contributed by atoms with Crippen molar-refractivity contribution in [3.8, 4) is 0 Å². The molecule has 3 N–H and O–H groups in total. The van der Waals surface area contributed by atoms with Gasteiger partial charge in [-0.15, -0.1) is 11.3 Å². The van der Waals surface area contributed by atoms with Gasteiger partial charge in [0.05, 0.1) is 6.54 Å². The van der Waals surface area contributed by atoms with E-state index in [1.807, 2.05) is 18.3 Å². The van der Waals surface area contributed by atoms with E-state index in [1.54, 1.807) is 17.6 Å². The van der Waals surface area contributed by atoms with E-state index in [9.17, 15) is 8.42 Å². The fourth-order valence-corrected chi connectivity index (χ4v) is 6.60. The topological polar surface area (TPSA) is 99.9 Å². The number of nitrogens with zero attached hydrogens (tertiary/aromatic N) is 3. The van der Waals surface area contributed by atoms with E-state index in [2.05, 4.69) is 39.2 Å². The molecule has 2 aromatic heterocycles. The molecule has 2 aliphatic rings. The van der Waals surface area contributed by atoms with Crippen molar-refractivity contribution in [2.24, 2.45) is 4.99 Å². The van der Waals surface area contributed by atoms with E-state index in [4.69, 9.17) is 11.6 Å². The lowest BCUT2D eigenvalue weighted by Gasteiger charge is -2.18. The lowest BCUT2D eigenvalue weighted by atomic mass is 9.86. The first-order valence-electron chi connectivity index (χ1n) is 9.77. The average Bonchev–Trinajstić information content (AvgIpc) is 3.44. The summed E-state index contributed by atoms with van der Waals surface area (Å²) in [5.74, 6) is 0.755. The average molecular weight is 477 g/mol. The molecule has 1 aromatic carbocycles. The maximum absolute atomic E-state index is 13.1. The second-order valence-electron chi connectivity index (χ2n) is 8.16. The van der Waals surface area contributed by atoms with Gasteiger partial charge in [-0.1, -0.05) is 31.5 Å². The van der Waals surface area contributed by atoms with Crippen molar-refractivity contribution in [3.63, 3.8) is 0 Å². The second-order valence-corrected chi connectivity index (χ2v) is 11.0. The minimum atomic E-state index is -3.93. The predicted octanol–water partition coefficient (Wildman–Crippen LogP) is 3.42. The molecule has 8 nitrogen and oxygen atoms in total. The van der Waals surface area contributed by atoms with Crippen molar-refractivity contribution >= 4 is 55.1 Å². The largest absolute Gasteiger partial charge is 0.354 e. The Morgan fingerprint density at radius 2 is 2.19 bits per heavy atom. The molecule has 162 valence electrons. The molecular weight excluding hydrogens is 456 g/mol. The molecule has 0 atom stereocenters. The summed E-state index contributed by atoms with van der Waals surface area (Å²) in [6.45, 7) is 5.95. The maximum Gasteiger partial charge on any atom is 0.281 e. The lowest BCUT2D eigenvalue weighted by molar-refractivity contribution is 0.563. The van der Waals surface area contributed by atoms with Crippen LogP contribution in [0.4, 0.5) is 5.69 Å². The number of benzene rings is 1. The number of sulfonamides is 1. The molecule has 3 aromatic rings. The van der Waals surface area contributed by atoms with Gasteiger partial charge >= 0.3 is 0 Å². The Hall–Kier alpha value is -2.56. The highest BCUT2D eigenvalue weighted by molar-refractivity contribution is 7.92. The summed E-state index contributed by atoms with van der Waals surface area (Å²) in [7, 11) is -3.93. The Balaban J connectivity index is 1.49. The standard InChI is InChI=1S/C20H21ClN6O2S2/c1-20(2)10-12(11-24-18-22-5-6-23-18)14-9-13(3-4-15(14)20)26-31(28,29)17-16(21)25-19-27(17)7-8-30-19/h3-4,7-9,11,26H,5-6,10H2,1-2H3,(H2,22,23,24)/b12-11-. The molecular formula is C20H21ClN6O2S2. The number of guanidine groups is 1. The molecule has 0 spiro atoms. The molecule has 0 amide bonds. The van der Waals surface area contributed by atoms with Crippen LogP contribution in [-0.2, 0) is 15.4 Å². The zero-order valence-corrected chi connectivity index (χ0v) is 19.3. The number of hydrogen-bond donors (Lipinski definition) is 3. The quantitative estimate of drug-likeness (QED) is 0.535. The van der Waals surface area contributed by atoms with Crippen LogP contribution in [0.5, 0.6) is 0 Å². The molecule has 31 heavy (non-hydrogen) atoms. The molecule has 1 aliphatic carbocycles. The molecule has 0 bridgehead atoms. The molecule has 0 saturated carbocycles. The van der Waals surface area contributed by atoms with Gasteiger partial charge in [-0.25, -0.2) is 4.98 Å². The van der Waals surface area contributed by atoms with Crippen molar-refractivity contribution in [2.75, 3.05) is 17.8 Å². The number of fused-ring (bicyclic) bond motifs is 2. The van der Waals surface area contributed by atoms with Crippen LogP contribution in [0, 0.1) is 0 Å². The summed E-state index contributed by atoms with van der Waals surface area (Å²) >= 11 is 7.46. The lowest BCUT2D eigenvalue weighted by Crippen LogP contribution is -2.30. The number of nitrogens with one attached hydrogen (secondary N) is 3. The van der Waals surface area contributed by atoms with Gasteiger partial charge in [0.25, 0.3) is 10.0 Å². The number of rotatable bonds is 4. The monoisotopic (exact) mass is 476 g/mol. The van der Waals surface area contributed by atoms with Gasteiger partial charge in [0.15, 0.2) is 21.1 Å². The first kappa shape index (κ1) is 20.3. The fourth-order valence-electron chi connectivity index (χ4n) is 4.09. The third kappa shape index (κ3) is 3.58. The van der Waals surface area contributed by atoms with Crippen molar-refractivity contribution < 1.29 is 8.42 Å². The summed E-state index contributed by atoms with van der Waals surface area (Å²) in [5.41, 5.74) is 3.70. The fraction of sp³-hybridized carbons (Fsp3) is 0.300. The second kappa shape index (κ2) is 7.25. The number of thiazole rings is 1. The number of hydrogen-bond acceptors (Lipinski definition) is 7. The highest BCUT2D eigenvalue weighted by atomic mass is 35.5. The van der Waals surface area contributed by atoms with Crippen molar-refractivity contribution in [3.05, 3.63) is 52.3 Å². The minimum absolute atomic E-state index is 0.0451. The van der Waals surface area contributed by atoms with Crippen LogP contribution in [-0.4, -0.2) is 36.9 Å². The van der Waals surface area contributed by atoms with Gasteiger partial charge in [0.1, 0.15) is 0 Å². The third-order valence-electron chi connectivity index (χ3n) is 5.47. The number of halogens is 1. The molecule has 1 aliphatic heterocycles. The van der Waals surface area contributed by atoms with Crippen LogP contribution >= 0.6 is 22.9 Å². The van der Waals surface area contributed by atoms with Crippen LogP contribution in [0.3, 0.4) is 0 Å². The molecule has 11 heteroatoms. The summed E-state index contributed by atoms with van der Waals surface area (Å²) in [6.07, 6.45) is 4.43. The van der Waals surface area contributed by atoms with E-state index < -0.39 is 10.0 Å². The van der Waals surface area contributed by atoms with Gasteiger partial charge in [-0.05, 0) is 40.7 Å². The minimum Gasteiger partial charge on any atom is -0.354 e. The molecule has 5 rings (SSSR count). The summed E-state index contributed by atoms with van der Waals surface area (Å²) in [6, 6.07) is 5.65. The van der Waals surface area contributed by atoms with Crippen LogP contribution in [0.1, 0.15) is 31.4 Å². The van der Waals surface area contributed by atoms with Gasteiger partial charge in [-0.3, -0.25) is 14.1 Å². The molecule has 3 heterocycles. The molecule has 0 radical (unpaired) electrons. The van der Waals surface area contributed by atoms with E-state index in [1.165, 1.54) is 21.3 Å². The van der Waals surface area contributed by atoms with Gasteiger partial charge in [0.2, 0.25) is 0 Å². The van der Waals surface area contributed by atoms with Crippen molar-refractivity contribution in [1.82, 2.24) is 20.0 Å². The normalized spacial score (nSPS) is 18.8. The Morgan fingerprint density at radius 1 is 1.35 bits per heavy atom. The van der Waals surface area contributed by atoms with Crippen LogP contribution < -0.4 is 15.4 Å². The summed E-state index contributed by atoms with van der Waals surface area (Å²) in [5, 5.41) is 8.07. The van der Waals surface area contributed by atoms with Gasteiger partial charge < -0.3 is 10.6 Å². The zero-order chi connectivity index (χ0) is 21.8. The number of imidazole rings is 1. The Labute approximate surface area is 189 Å². The molecule has 0 saturated heterocycles. The van der Waals surface area contributed by atoms with Gasteiger partial charge in [-0.2, -0.15) is 8.42 Å². The van der Waals surface area contributed by atoms with E-state index in [-0.39, 0.29) is 15.6 Å². The van der Waals surface area contributed by atoms with E-state index in [0.29, 0.717) is 10.6 Å². The smallest absolute Gasteiger partial charge is 0.281 e. The van der Waals surface area contributed by atoms with Crippen LogP contribution in [0.15, 0.2) is 46.0 Å². The molecule has 0 unspecified atom stereocenters.